The van der Waals surface area contributed by atoms with Gasteiger partial charge in [0.2, 0.25) is 5.91 Å². The number of urea groups is 1. The normalized spacial score (nSPS) is 17.2. The molecule has 1 unspecified atom stereocenters. The van der Waals surface area contributed by atoms with Crippen molar-refractivity contribution in [3.8, 4) is 0 Å². The van der Waals surface area contributed by atoms with Crippen molar-refractivity contribution in [1.29, 1.82) is 0 Å². The molecule has 1 aromatic carbocycles. The number of carbonyl (C=O) groups is 2. The van der Waals surface area contributed by atoms with E-state index in [0.29, 0.717) is 45.8 Å². The van der Waals surface area contributed by atoms with Gasteiger partial charge in [0.25, 0.3) is 0 Å². The minimum absolute atomic E-state index is 0.0384. The van der Waals surface area contributed by atoms with E-state index in [0.717, 1.165) is 5.56 Å². The van der Waals surface area contributed by atoms with Crippen LogP contribution in [-0.2, 0) is 9.53 Å². The number of halogens is 1. The fourth-order valence-corrected chi connectivity index (χ4v) is 2.84. The quantitative estimate of drug-likeness (QED) is 0.854. The fourth-order valence-electron chi connectivity index (χ4n) is 2.84. The van der Waals surface area contributed by atoms with Crippen LogP contribution in [0.4, 0.5) is 9.18 Å². The number of morpholine rings is 1. The van der Waals surface area contributed by atoms with Crippen LogP contribution in [-0.4, -0.2) is 61.1 Å². The summed E-state index contributed by atoms with van der Waals surface area (Å²) in [7, 11) is 0. The van der Waals surface area contributed by atoms with E-state index >= 15 is 0 Å². The molecule has 0 aliphatic carbocycles. The van der Waals surface area contributed by atoms with Crippen molar-refractivity contribution in [3.05, 3.63) is 35.6 Å². The van der Waals surface area contributed by atoms with E-state index in [4.69, 9.17) is 4.74 Å². The van der Waals surface area contributed by atoms with Crippen LogP contribution in [0, 0.1) is 5.82 Å². The Balaban J connectivity index is 1.81. The highest BCUT2D eigenvalue weighted by molar-refractivity contribution is 5.78. The third-order valence-electron chi connectivity index (χ3n) is 4.33. The number of nitrogens with one attached hydrogen (secondary N) is 1. The SMILES string of the molecule is CCN(CC)C(=O)CCNC(=O)N1CCOC(c2ccc(F)cc2)C1. The summed E-state index contributed by atoms with van der Waals surface area (Å²) in [6, 6.07) is 5.91. The summed E-state index contributed by atoms with van der Waals surface area (Å²) in [6.07, 6.45) is 0.0245. The maximum absolute atomic E-state index is 13.0. The molecule has 0 bridgehead atoms. The van der Waals surface area contributed by atoms with Crippen LogP contribution in [0.25, 0.3) is 0 Å². The summed E-state index contributed by atoms with van der Waals surface area (Å²) >= 11 is 0. The van der Waals surface area contributed by atoms with Gasteiger partial charge in [-0.2, -0.15) is 0 Å². The standard InChI is InChI=1S/C18H26FN3O3/c1-3-21(4-2)17(23)9-10-20-18(24)22-11-12-25-16(13-22)14-5-7-15(19)8-6-14/h5-8,16H,3-4,9-13H2,1-2H3,(H,20,24). The van der Waals surface area contributed by atoms with E-state index in [-0.39, 0.29) is 23.9 Å². The molecule has 0 saturated carbocycles. The largest absolute Gasteiger partial charge is 0.370 e. The van der Waals surface area contributed by atoms with E-state index < -0.39 is 0 Å². The molecule has 1 fully saturated rings. The Bertz CT molecular complexity index is 575. The van der Waals surface area contributed by atoms with Crippen LogP contribution in [0.5, 0.6) is 0 Å². The highest BCUT2D eigenvalue weighted by Crippen LogP contribution is 2.22. The summed E-state index contributed by atoms with van der Waals surface area (Å²) < 4.78 is 18.7. The zero-order valence-electron chi connectivity index (χ0n) is 14.8. The predicted molar refractivity (Wildman–Crippen MR) is 92.6 cm³/mol. The number of carbonyl (C=O) groups excluding carboxylic acids is 2. The maximum Gasteiger partial charge on any atom is 0.317 e. The first-order valence-electron chi connectivity index (χ1n) is 8.72. The zero-order valence-corrected chi connectivity index (χ0v) is 14.8. The van der Waals surface area contributed by atoms with Crippen LogP contribution in [0.15, 0.2) is 24.3 Å². The molecule has 0 aromatic heterocycles. The van der Waals surface area contributed by atoms with Gasteiger partial charge >= 0.3 is 6.03 Å². The molecule has 138 valence electrons. The molecule has 1 heterocycles. The van der Waals surface area contributed by atoms with Gasteiger partial charge in [0, 0.05) is 32.6 Å². The minimum atomic E-state index is -0.299. The lowest BCUT2D eigenvalue weighted by molar-refractivity contribution is -0.130. The van der Waals surface area contributed by atoms with Crippen LogP contribution < -0.4 is 5.32 Å². The van der Waals surface area contributed by atoms with Crippen molar-refractivity contribution in [3.63, 3.8) is 0 Å². The second-order valence-electron chi connectivity index (χ2n) is 5.90. The van der Waals surface area contributed by atoms with Crippen molar-refractivity contribution >= 4 is 11.9 Å². The molecule has 7 heteroatoms. The number of rotatable bonds is 6. The van der Waals surface area contributed by atoms with Gasteiger partial charge in [0.05, 0.1) is 13.2 Å². The number of benzene rings is 1. The number of ether oxygens (including phenoxy) is 1. The predicted octanol–water partition coefficient (Wildman–Crippen LogP) is 2.17. The second kappa shape index (κ2) is 9.36. The summed E-state index contributed by atoms with van der Waals surface area (Å²) in [4.78, 5) is 27.6. The Kier molecular flexibility index (Phi) is 7.18. The van der Waals surface area contributed by atoms with Crippen molar-refractivity contribution < 1.29 is 18.7 Å². The Morgan fingerprint density at radius 2 is 1.96 bits per heavy atom. The summed E-state index contributed by atoms with van der Waals surface area (Å²) in [6.45, 7) is 6.85. The van der Waals surface area contributed by atoms with Gasteiger partial charge in [-0.1, -0.05) is 12.1 Å². The zero-order chi connectivity index (χ0) is 18.2. The molecule has 2 rings (SSSR count). The first-order chi connectivity index (χ1) is 12.0. The molecular formula is C18H26FN3O3. The lowest BCUT2D eigenvalue weighted by Gasteiger charge is -2.33. The third kappa shape index (κ3) is 5.42. The molecule has 1 atom stereocenters. The van der Waals surface area contributed by atoms with E-state index in [2.05, 4.69) is 5.32 Å². The van der Waals surface area contributed by atoms with E-state index in [1.165, 1.54) is 12.1 Å². The number of amides is 3. The summed E-state index contributed by atoms with van der Waals surface area (Å²) in [5, 5.41) is 2.79. The van der Waals surface area contributed by atoms with Gasteiger partial charge < -0.3 is 19.9 Å². The Morgan fingerprint density at radius 1 is 1.28 bits per heavy atom. The monoisotopic (exact) mass is 351 g/mol. The highest BCUT2D eigenvalue weighted by atomic mass is 19.1. The Hall–Kier alpha value is -2.15. The van der Waals surface area contributed by atoms with Crippen molar-refractivity contribution in [2.75, 3.05) is 39.3 Å². The minimum Gasteiger partial charge on any atom is -0.370 e. The van der Waals surface area contributed by atoms with Gasteiger partial charge in [0.15, 0.2) is 0 Å². The van der Waals surface area contributed by atoms with Gasteiger partial charge in [-0.15, -0.1) is 0 Å². The average molecular weight is 351 g/mol. The highest BCUT2D eigenvalue weighted by Gasteiger charge is 2.25. The van der Waals surface area contributed by atoms with Gasteiger partial charge in [-0.05, 0) is 31.5 Å². The third-order valence-corrected chi connectivity index (χ3v) is 4.33. The molecular weight excluding hydrogens is 325 g/mol. The van der Waals surface area contributed by atoms with E-state index in [1.807, 2.05) is 13.8 Å². The van der Waals surface area contributed by atoms with Crippen LogP contribution in [0.1, 0.15) is 31.9 Å². The molecule has 25 heavy (non-hydrogen) atoms. The average Bonchev–Trinajstić information content (AvgIpc) is 2.63. The van der Waals surface area contributed by atoms with Gasteiger partial charge in [-0.3, -0.25) is 4.79 Å². The fraction of sp³-hybridized carbons (Fsp3) is 0.556. The number of nitrogens with zero attached hydrogens (tertiary/aromatic N) is 2. The second-order valence-corrected chi connectivity index (χ2v) is 5.90. The Labute approximate surface area is 147 Å². The van der Waals surface area contributed by atoms with Crippen LogP contribution in [0.2, 0.25) is 0 Å². The molecule has 0 spiro atoms. The smallest absolute Gasteiger partial charge is 0.317 e. The van der Waals surface area contributed by atoms with Gasteiger partial charge in [-0.25, -0.2) is 9.18 Å². The number of hydrogen-bond donors (Lipinski definition) is 1. The molecule has 3 amide bonds. The van der Waals surface area contributed by atoms with Crippen LogP contribution in [0.3, 0.4) is 0 Å². The van der Waals surface area contributed by atoms with Crippen molar-refractivity contribution in [1.82, 2.24) is 15.1 Å². The topological polar surface area (TPSA) is 61.9 Å². The molecule has 1 aliphatic heterocycles. The molecule has 1 saturated heterocycles. The van der Waals surface area contributed by atoms with Crippen molar-refractivity contribution in [2.24, 2.45) is 0 Å². The first kappa shape index (κ1) is 19.2. The lowest BCUT2D eigenvalue weighted by Crippen LogP contribution is -2.47. The lowest BCUT2D eigenvalue weighted by atomic mass is 10.1. The van der Waals surface area contributed by atoms with Crippen molar-refractivity contribution in [2.45, 2.75) is 26.4 Å². The first-order valence-corrected chi connectivity index (χ1v) is 8.72. The Morgan fingerprint density at radius 3 is 2.60 bits per heavy atom. The van der Waals surface area contributed by atoms with Gasteiger partial charge in [0.1, 0.15) is 11.9 Å². The molecule has 0 radical (unpaired) electrons. The summed E-state index contributed by atoms with van der Waals surface area (Å²) in [5.74, 6) is -0.261. The van der Waals surface area contributed by atoms with E-state index in [1.54, 1.807) is 21.9 Å². The maximum atomic E-state index is 13.0. The molecule has 1 aliphatic rings. The molecule has 1 aromatic rings. The van der Waals surface area contributed by atoms with Crippen LogP contribution >= 0.6 is 0 Å². The summed E-state index contributed by atoms with van der Waals surface area (Å²) in [5.41, 5.74) is 0.843. The number of hydrogen-bond acceptors (Lipinski definition) is 3. The van der Waals surface area contributed by atoms with E-state index in [9.17, 15) is 14.0 Å². The molecule has 1 N–H and O–H groups in total. The molecule has 6 nitrogen and oxygen atoms in total.